The molecule has 1 unspecified atom stereocenters. The second-order valence-electron chi connectivity index (χ2n) is 5.38. The highest BCUT2D eigenvalue weighted by molar-refractivity contribution is 5.76. The van der Waals surface area contributed by atoms with E-state index < -0.39 is 0 Å². The number of piperidine rings is 1. The number of hydrogen-bond donors (Lipinski definition) is 2. The topological polar surface area (TPSA) is 58.4 Å². The Kier molecular flexibility index (Phi) is 6.52. The number of rotatable bonds is 6. The lowest BCUT2D eigenvalue weighted by atomic mass is 10.0. The molecule has 4 nitrogen and oxygen atoms in total. The largest absolute Gasteiger partial charge is 0.354 e. The fraction of sp³-hybridized carbons (Fsp3) is 0.923. The van der Waals surface area contributed by atoms with E-state index in [0.29, 0.717) is 24.9 Å². The molecule has 0 aromatic heterocycles. The molecule has 0 saturated carbocycles. The van der Waals surface area contributed by atoms with Crippen LogP contribution >= 0.6 is 0 Å². The third-order valence-corrected chi connectivity index (χ3v) is 3.25. The second kappa shape index (κ2) is 7.67. The molecular weight excluding hydrogens is 214 g/mol. The maximum atomic E-state index is 11.4. The first kappa shape index (κ1) is 14.5. The average Bonchev–Trinajstić information content (AvgIpc) is 2.27. The molecule has 1 fully saturated rings. The van der Waals surface area contributed by atoms with Crippen LogP contribution in [0, 0.1) is 5.92 Å². The van der Waals surface area contributed by atoms with Gasteiger partial charge in [-0.05, 0) is 25.3 Å². The molecule has 1 atom stereocenters. The van der Waals surface area contributed by atoms with Crippen LogP contribution < -0.4 is 11.1 Å². The molecule has 1 saturated heterocycles. The molecule has 0 bridgehead atoms. The second-order valence-corrected chi connectivity index (χ2v) is 5.38. The van der Waals surface area contributed by atoms with E-state index >= 15 is 0 Å². The van der Waals surface area contributed by atoms with Gasteiger partial charge in [0.25, 0.3) is 0 Å². The van der Waals surface area contributed by atoms with E-state index in [1.54, 1.807) is 0 Å². The number of hydrogen-bond acceptors (Lipinski definition) is 3. The zero-order chi connectivity index (χ0) is 12.7. The van der Waals surface area contributed by atoms with E-state index in [1.807, 2.05) is 0 Å². The lowest BCUT2D eigenvalue weighted by molar-refractivity contribution is -0.121. The summed E-state index contributed by atoms with van der Waals surface area (Å²) in [6, 6.07) is 0.521. The Hall–Kier alpha value is -0.610. The van der Waals surface area contributed by atoms with Crippen LogP contribution in [0.3, 0.4) is 0 Å². The number of carbonyl (C=O) groups excluding carboxylic acids is 1. The van der Waals surface area contributed by atoms with Crippen molar-refractivity contribution >= 4 is 5.91 Å². The molecule has 1 aliphatic heterocycles. The highest BCUT2D eigenvalue weighted by atomic mass is 16.1. The molecule has 1 rings (SSSR count). The lowest BCUT2D eigenvalue weighted by Gasteiger charge is -2.36. The van der Waals surface area contributed by atoms with Gasteiger partial charge >= 0.3 is 0 Å². The summed E-state index contributed by atoms with van der Waals surface area (Å²) in [5.74, 6) is 0.776. The smallest absolute Gasteiger partial charge is 0.221 e. The molecule has 4 heteroatoms. The van der Waals surface area contributed by atoms with Gasteiger partial charge < -0.3 is 11.1 Å². The van der Waals surface area contributed by atoms with Gasteiger partial charge in [-0.2, -0.15) is 0 Å². The normalized spacial score (nSPS) is 21.8. The van der Waals surface area contributed by atoms with E-state index in [4.69, 9.17) is 5.73 Å². The van der Waals surface area contributed by atoms with Crippen LogP contribution in [0.4, 0.5) is 0 Å². The average molecular weight is 241 g/mol. The molecule has 1 aliphatic rings. The van der Waals surface area contributed by atoms with Crippen molar-refractivity contribution in [2.24, 2.45) is 11.7 Å². The zero-order valence-electron chi connectivity index (χ0n) is 11.2. The molecule has 1 amide bonds. The molecule has 0 spiro atoms. The predicted molar refractivity (Wildman–Crippen MR) is 70.7 cm³/mol. The fourth-order valence-electron chi connectivity index (χ4n) is 2.45. The summed E-state index contributed by atoms with van der Waals surface area (Å²) >= 11 is 0. The van der Waals surface area contributed by atoms with E-state index in [0.717, 1.165) is 13.1 Å². The standard InChI is InChI=1S/C13H27N3O/c1-11(2)10-16-8-4-3-5-12(16)9-15-13(17)6-7-14/h11-12H,3-10,14H2,1-2H3,(H,15,17). The third kappa shape index (κ3) is 5.50. The number of nitrogens with zero attached hydrogens (tertiary/aromatic N) is 1. The van der Waals surface area contributed by atoms with Gasteiger partial charge in [0.1, 0.15) is 0 Å². The number of nitrogens with one attached hydrogen (secondary N) is 1. The summed E-state index contributed by atoms with van der Waals surface area (Å²) in [4.78, 5) is 13.9. The van der Waals surface area contributed by atoms with Crippen molar-refractivity contribution in [1.29, 1.82) is 0 Å². The summed E-state index contributed by atoms with van der Waals surface area (Å²) in [5, 5.41) is 3.00. The van der Waals surface area contributed by atoms with Gasteiger partial charge in [0.05, 0.1) is 0 Å². The van der Waals surface area contributed by atoms with Crippen molar-refractivity contribution in [3.63, 3.8) is 0 Å². The Labute approximate surface area is 105 Å². The van der Waals surface area contributed by atoms with Crippen molar-refractivity contribution in [2.45, 2.75) is 45.6 Å². The summed E-state index contributed by atoms with van der Waals surface area (Å²) in [5.41, 5.74) is 5.36. The van der Waals surface area contributed by atoms with Crippen LogP contribution in [0.2, 0.25) is 0 Å². The van der Waals surface area contributed by atoms with Gasteiger partial charge in [0, 0.05) is 32.1 Å². The third-order valence-electron chi connectivity index (χ3n) is 3.25. The molecule has 0 aliphatic carbocycles. The number of likely N-dealkylation sites (tertiary alicyclic amines) is 1. The number of amides is 1. The minimum atomic E-state index is 0.0857. The van der Waals surface area contributed by atoms with Gasteiger partial charge in [0.2, 0.25) is 5.91 Å². The molecule has 0 aromatic carbocycles. The Morgan fingerprint density at radius 1 is 1.47 bits per heavy atom. The molecule has 3 N–H and O–H groups in total. The Morgan fingerprint density at radius 2 is 2.24 bits per heavy atom. The van der Waals surface area contributed by atoms with Crippen molar-refractivity contribution in [2.75, 3.05) is 26.2 Å². The molecule has 1 heterocycles. The number of carbonyl (C=O) groups is 1. The predicted octanol–water partition coefficient (Wildman–Crippen LogP) is 0.962. The first-order valence-corrected chi connectivity index (χ1v) is 6.84. The van der Waals surface area contributed by atoms with E-state index in [1.165, 1.54) is 25.8 Å². The molecule has 100 valence electrons. The van der Waals surface area contributed by atoms with Crippen molar-refractivity contribution < 1.29 is 4.79 Å². The van der Waals surface area contributed by atoms with Crippen LogP contribution in [0.5, 0.6) is 0 Å². The maximum absolute atomic E-state index is 11.4. The molecule has 0 radical (unpaired) electrons. The highest BCUT2D eigenvalue weighted by Gasteiger charge is 2.22. The van der Waals surface area contributed by atoms with Gasteiger partial charge in [-0.1, -0.05) is 20.3 Å². The monoisotopic (exact) mass is 241 g/mol. The van der Waals surface area contributed by atoms with E-state index in [-0.39, 0.29) is 5.91 Å². The fourth-order valence-corrected chi connectivity index (χ4v) is 2.45. The van der Waals surface area contributed by atoms with E-state index in [2.05, 4.69) is 24.1 Å². The summed E-state index contributed by atoms with van der Waals surface area (Å²) in [6.45, 7) is 8.03. The maximum Gasteiger partial charge on any atom is 0.221 e. The van der Waals surface area contributed by atoms with Crippen LogP contribution in [0.1, 0.15) is 39.5 Å². The summed E-state index contributed by atoms with van der Waals surface area (Å²) in [6.07, 6.45) is 4.22. The first-order chi connectivity index (χ1) is 8.13. The van der Waals surface area contributed by atoms with Gasteiger partial charge in [-0.3, -0.25) is 9.69 Å². The quantitative estimate of drug-likeness (QED) is 0.728. The van der Waals surface area contributed by atoms with Crippen molar-refractivity contribution in [3.05, 3.63) is 0 Å². The first-order valence-electron chi connectivity index (χ1n) is 6.84. The Morgan fingerprint density at radius 3 is 2.88 bits per heavy atom. The van der Waals surface area contributed by atoms with E-state index in [9.17, 15) is 4.79 Å². The summed E-state index contributed by atoms with van der Waals surface area (Å²) in [7, 11) is 0. The minimum absolute atomic E-state index is 0.0857. The molecular formula is C13H27N3O. The van der Waals surface area contributed by atoms with Crippen LogP contribution in [0.15, 0.2) is 0 Å². The molecule has 17 heavy (non-hydrogen) atoms. The van der Waals surface area contributed by atoms with Gasteiger partial charge in [0.15, 0.2) is 0 Å². The van der Waals surface area contributed by atoms with Crippen LogP contribution in [0.25, 0.3) is 0 Å². The van der Waals surface area contributed by atoms with Crippen LogP contribution in [-0.4, -0.2) is 43.0 Å². The minimum Gasteiger partial charge on any atom is -0.354 e. The Balaban J connectivity index is 2.34. The lowest BCUT2D eigenvalue weighted by Crippen LogP contribution is -2.48. The SMILES string of the molecule is CC(C)CN1CCCCC1CNC(=O)CCN. The number of nitrogens with two attached hydrogens (primary N) is 1. The van der Waals surface area contributed by atoms with Gasteiger partial charge in [-0.25, -0.2) is 0 Å². The van der Waals surface area contributed by atoms with Crippen LogP contribution in [-0.2, 0) is 4.79 Å². The molecule has 0 aromatic rings. The Bertz CT molecular complexity index is 231. The van der Waals surface area contributed by atoms with Crippen molar-refractivity contribution in [3.8, 4) is 0 Å². The van der Waals surface area contributed by atoms with Gasteiger partial charge in [-0.15, -0.1) is 0 Å². The van der Waals surface area contributed by atoms with Crippen molar-refractivity contribution in [1.82, 2.24) is 10.2 Å². The summed E-state index contributed by atoms with van der Waals surface area (Å²) < 4.78 is 0. The zero-order valence-corrected chi connectivity index (χ0v) is 11.2. The highest BCUT2D eigenvalue weighted by Crippen LogP contribution is 2.17.